The summed E-state index contributed by atoms with van der Waals surface area (Å²) >= 11 is 0. The molecule has 22 heavy (non-hydrogen) atoms. The van der Waals surface area contributed by atoms with Crippen molar-refractivity contribution in [1.29, 1.82) is 0 Å². The zero-order chi connectivity index (χ0) is 15.5. The van der Waals surface area contributed by atoms with E-state index in [1.54, 1.807) is 0 Å². The topological polar surface area (TPSA) is 63.3 Å². The fourth-order valence-electron chi connectivity index (χ4n) is 2.90. The number of anilines is 1. The molecule has 114 valence electrons. The second kappa shape index (κ2) is 6.18. The fraction of sp³-hybridized carbons (Fsp3) is 0.333. The van der Waals surface area contributed by atoms with Crippen LogP contribution in [0.15, 0.2) is 35.5 Å². The Hall–Kier alpha value is -2.36. The first kappa shape index (κ1) is 14.6. The highest BCUT2D eigenvalue weighted by Gasteiger charge is 2.10. The smallest absolute Gasteiger partial charge is 0.193 e. The van der Waals surface area contributed by atoms with Gasteiger partial charge in [0, 0.05) is 17.6 Å². The van der Waals surface area contributed by atoms with Crippen LogP contribution >= 0.6 is 0 Å². The number of pyridine rings is 1. The van der Waals surface area contributed by atoms with Gasteiger partial charge in [-0.2, -0.15) is 0 Å². The van der Waals surface area contributed by atoms with Crippen molar-refractivity contribution in [2.24, 2.45) is 10.7 Å². The molecular weight excluding hydrogens is 272 g/mol. The van der Waals surface area contributed by atoms with Gasteiger partial charge in [-0.25, -0.2) is 4.99 Å². The van der Waals surface area contributed by atoms with E-state index in [4.69, 9.17) is 5.73 Å². The lowest BCUT2D eigenvalue weighted by Crippen LogP contribution is -2.22. The summed E-state index contributed by atoms with van der Waals surface area (Å²) in [5, 5.41) is 3.18. The summed E-state index contributed by atoms with van der Waals surface area (Å²) in [6.07, 6.45) is 5.48. The normalized spacial score (nSPS) is 14.0. The van der Waals surface area contributed by atoms with Gasteiger partial charge in [0.05, 0.1) is 6.54 Å². The Morgan fingerprint density at radius 3 is 2.86 bits per heavy atom. The number of fused-ring (bicyclic) bond motifs is 1. The zero-order valence-electron chi connectivity index (χ0n) is 13.2. The Bertz CT molecular complexity index is 719. The van der Waals surface area contributed by atoms with E-state index in [-0.39, 0.29) is 0 Å². The molecule has 0 atom stereocenters. The maximum absolute atomic E-state index is 6.00. The van der Waals surface area contributed by atoms with Crippen LogP contribution in [0, 0.1) is 13.8 Å². The fourth-order valence-corrected chi connectivity index (χ4v) is 2.90. The van der Waals surface area contributed by atoms with E-state index in [9.17, 15) is 0 Å². The van der Waals surface area contributed by atoms with Gasteiger partial charge in [0.15, 0.2) is 5.96 Å². The third-order valence-corrected chi connectivity index (χ3v) is 4.15. The molecule has 4 nitrogen and oxygen atoms in total. The lowest BCUT2D eigenvalue weighted by Gasteiger charge is -2.08. The largest absolute Gasteiger partial charge is 0.370 e. The van der Waals surface area contributed by atoms with Crippen LogP contribution in [0.4, 0.5) is 5.69 Å². The second-order valence-electron chi connectivity index (χ2n) is 5.92. The van der Waals surface area contributed by atoms with Crippen LogP contribution in [0.5, 0.6) is 0 Å². The molecule has 0 unspecified atom stereocenters. The van der Waals surface area contributed by atoms with Crippen LogP contribution in [0.1, 0.15) is 34.4 Å². The molecule has 0 saturated carbocycles. The Balaban J connectivity index is 1.67. The van der Waals surface area contributed by atoms with Gasteiger partial charge in [0.1, 0.15) is 0 Å². The molecule has 1 heterocycles. The Morgan fingerprint density at radius 1 is 1.23 bits per heavy atom. The molecule has 3 N–H and O–H groups in total. The molecule has 1 aliphatic carbocycles. The number of nitrogens with one attached hydrogen (secondary N) is 1. The minimum absolute atomic E-state index is 0.443. The highest BCUT2D eigenvalue weighted by Crippen LogP contribution is 2.24. The van der Waals surface area contributed by atoms with Crippen LogP contribution in [0.3, 0.4) is 0 Å². The van der Waals surface area contributed by atoms with Crippen LogP contribution in [0.2, 0.25) is 0 Å². The number of aliphatic imine (C=N–C) groups is 1. The number of aromatic nitrogens is 1. The number of aryl methyl sites for hydroxylation is 4. The van der Waals surface area contributed by atoms with Crippen molar-refractivity contribution in [3.05, 3.63) is 58.4 Å². The molecule has 0 saturated heterocycles. The standard InChI is InChI=1S/C18H22N4/c1-12-8-13(2)20-10-16(12)11-21-18(19)22-17-7-6-14-4-3-5-15(14)9-17/h6-10H,3-5,11H2,1-2H3,(H3,19,21,22). The van der Waals surface area contributed by atoms with E-state index in [0.29, 0.717) is 12.5 Å². The zero-order valence-corrected chi connectivity index (χ0v) is 13.2. The Morgan fingerprint density at radius 2 is 2.05 bits per heavy atom. The van der Waals surface area contributed by atoms with Crippen molar-refractivity contribution in [2.75, 3.05) is 5.32 Å². The maximum atomic E-state index is 6.00. The number of benzene rings is 1. The first-order chi connectivity index (χ1) is 10.6. The number of guanidine groups is 1. The molecule has 3 rings (SSSR count). The number of rotatable bonds is 3. The van der Waals surface area contributed by atoms with E-state index in [0.717, 1.165) is 23.4 Å². The molecule has 0 amide bonds. The summed E-state index contributed by atoms with van der Waals surface area (Å²) in [5.41, 5.74) is 13.2. The minimum atomic E-state index is 0.443. The number of nitrogens with two attached hydrogens (primary N) is 1. The molecule has 1 aromatic heterocycles. The molecule has 1 aromatic carbocycles. The van der Waals surface area contributed by atoms with Gasteiger partial charge in [0.2, 0.25) is 0 Å². The van der Waals surface area contributed by atoms with Gasteiger partial charge in [-0.3, -0.25) is 4.98 Å². The number of hydrogen-bond acceptors (Lipinski definition) is 2. The summed E-state index contributed by atoms with van der Waals surface area (Å²) in [4.78, 5) is 8.73. The van der Waals surface area contributed by atoms with E-state index in [1.807, 2.05) is 13.1 Å². The van der Waals surface area contributed by atoms with Crippen molar-refractivity contribution in [2.45, 2.75) is 39.7 Å². The molecule has 1 aliphatic rings. The summed E-state index contributed by atoms with van der Waals surface area (Å²) in [5.74, 6) is 0.443. The van der Waals surface area contributed by atoms with Gasteiger partial charge < -0.3 is 11.1 Å². The monoisotopic (exact) mass is 294 g/mol. The molecular formula is C18H22N4. The van der Waals surface area contributed by atoms with Crippen molar-refractivity contribution >= 4 is 11.6 Å². The second-order valence-corrected chi connectivity index (χ2v) is 5.92. The number of nitrogens with zero attached hydrogens (tertiary/aromatic N) is 2. The van der Waals surface area contributed by atoms with Crippen molar-refractivity contribution in [1.82, 2.24) is 4.98 Å². The predicted molar refractivity (Wildman–Crippen MR) is 91.1 cm³/mol. The first-order valence-corrected chi connectivity index (χ1v) is 7.73. The van der Waals surface area contributed by atoms with E-state index >= 15 is 0 Å². The SMILES string of the molecule is Cc1cc(C)c(CN=C(N)Nc2ccc3c(c2)CCC3)cn1. The summed E-state index contributed by atoms with van der Waals surface area (Å²) in [7, 11) is 0. The van der Waals surface area contributed by atoms with Crippen LogP contribution in [-0.4, -0.2) is 10.9 Å². The van der Waals surface area contributed by atoms with Crippen molar-refractivity contribution in [3.8, 4) is 0 Å². The van der Waals surface area contributed by atoms with Gasteiger partial charge in [-0.15, -0.1) is 0 Å². The van der Waals surface area contributed by atoms with Gasteiger partial charge in [0.25, 0.3) is 0 Å². The van der Waals surface area contributed by atoms with Gasteiger partial charge in [-0.1, -0.05) is 6.07 Å². The molecule has 2 aromatic rings. The van der Waals surface area contributed by atoms with Gasteiger partial charge in [-0.05, 0) is 73.6 Å². The minimum Gasteiger partial charge on any atom is -0.370 e. The molecule has 4 heteroatoms. The molecule has 0 aliphatic heterocycles. The third-order valence-electron chi connectivity index (χ3n) is 4.15. The quantitative estimate of drug-likeness (QED) is 0.675. The highest BCUT2D eigenvalue weighted by molar-refractivity contribution is 5.92. The van der Waals surface area contributed by atoms with Crippen LogP contribution < -0.4 is 11.1 Å². The van der Waals surface area contributed by atoms with Crippen LogP contribution in [0.25, 0.3) is 0 Å². The first-order valence-electron chi connectivity index (χ1n) is 7.73. The van der Waals surface area contributed by atoms with Crippen LogP contribution in [-0.2, 0) is 19.4 Å². The average Bonchev–Trinajstić information content (AvgIpc) is 2.94. The lowest BCUT2D eigenvalue weighted by molar-refractivity contribution is 0.912. The maximum Gasteiger partial charge on any atom is 0.193 e. The predicted octanol–water partition coefficient (Wildman–Crippen LogP) is 3.11. The van der Waals surface area contributed by atoms with Crippen molar-refractivity contribution in [3.63, 3.8) is 0 Å². The molecule has 0 radical (unpaired) electrons. The molecule has 0 fully saturated rings. The van der Waals surface area contributed by atoms with E-state index < -0.39 is 0 Å². The Labute approximate surface area is 131 Å². The van der Waals surface area contributed by atoms with Gasteiger partial charge >= 0.3 is 0 Å². The number of hydrogen-bond donors (Lipinski definition) is 2. The summed E-state index contributed by atoms with van der Waals surface area (Å²) in [6, 6.07) is 8.51. The lowest BCUT2D eigenvalue weighted by atomic mass is 10.1. The van der Waals surface area contributed by atoms with E-state index in [2.05, 4.69) is 46.5 Å². The molecule has 0 spiro atoms. The summed E-state index contributed by atoms with van der Waals surface area (Å²) < 4.78 is 0. The third kappa shape index (κ3) is 3.27. The van der Waals surface area contributed by atoms with E-state index in [1.165, 1.54) is 29.5 Å². The Kier molecular flexibility index (Phi) is 4.09. The molecule has 0 bridgehead atoms. The van der Waals surface area contributed by atoms with Crippen molar-refractivity contribution < 1.29 is 0 Å². The highest BCUT2D eigenvalue weighted by atomic mass is 15.1. The average molecular weight is 294 g/mol. The summed E-state index contributed by atoms with van der Waals surface area (Å²) in [6.45, 7) is 4.61.